The summed E-state index contributed by atoms with van der Waals surface area (Å²) in [6.45, 7) is 3.48. The molecule has 0 aliphatic rings. The van der Waals surface area contributed by atoms with Gasteiger partial charge in [-0.25, -0.2) is 0 Å². The number of carbonyl (C=O) groups excluding carboxylic acids is 1. The van der Waals surface area contributed by atoms with Crippen molar-refractivity contribution in [2.24, 2.45) is 0 Å². The molecule has 0 saturated carbocycles. The number of nitrogens with one attached hydrogen (secondary N) is 1. The van der Waals surface area contributed by atoms with Crippen LogP contribution in [0, 0.1) is 0 Å². The van der Waals surface area contributed by atoms with Gasteiger partial charge in [-0.2, -0.15) is 0 Å². The molecule has 0 aromatic heterocycles. The Morgan fingerprint density at radius 2 is 1.83 bits per heavy atom. The third kappa shape index (κ3) is 6.84. The average Bonchev–Trinajstić information content (AvgIpc) is 2.56. The maximum Gasteiger partial charge on any atom is -0.0307 e. The summed E-state index contributed by atoms with van der Waals surface area (Å²) in [6.07, 6.45) is 1.14. The Balaban J connectivity index is 0.000000277. The molecule has 2 aromatic carbocycles. The third-order valence-corrected chi connectivity index (χ3v) is 5.27. The van der Waals surface area contributed by atoms with E-state index in [1.54, 1.807) is 6.07 Å². The minimum atomic E-state index is -4.83. The van der Waals surface area contributed by atoms with Gasteiger partial charge in [-0.3, -0.25) is 0 Å². The molecule has 2 aromatic rings. The van der Waals surface area contributed by atoms with Gasteiger partial charge in [0.1, 0.15) is 0 Å². The van der Waals surface area contributed by atoms with Gasteiger partial charge in [0, 0.05) is 0 Å². The van der Waals surface area contributed by atoms with Crippen LogP contribution >= 0.6 is 0 Å². The van der Waals surface area contributed by atoms with Crippen LogP contribution in [0.25, 0.3) is 0 Å². The van der Waals surface area contributed by atoms with Crippen LogP contribution in [-0.2, 0) is 18.8 Å². The van der Waals surface area contributed by atoms with E-state index in [1.165, 1.54) is 30.7 Å². The van der Waals surface area contributed by atoms with E-state index in [0.29, 0.717) is 5.69 Å². The van der Waals surface area contributed by atoms with E-state index < -0.39 is 14.2 Å². The molecule has 0 aliphatic heterocycles. The first-order valence-corrected chi connectivity index (χ1v) is 10.3. The van der Waals surface area contributed by atoms with Gasteiger partial charge in [-0.15, -0.1) is 0 Å². The third-order valence-electron chi connectivity index (χ3n) is 2.85. The number of carbonyl (C=O) groups is 1. The molecule has 124 valence electrons. The topological polar surface area (TPSA) is 95.9 Å². The fourth-order valence-electron chi connectivity index (χ4n) is 1.72. The van der Waals surface area contributed by atoms with Crippen LogP contribution in [0.4, 0.5) is 5.69 Å². The molecule has 0 radical (unpaired) electrons. The van der Waals surface area contributed by atoms with E-state index in [2.05, 4.69) is 40.4 Å². The van der Waals surface area contributed by atoms with Crippen LogP contribution in [0.15, 0.2) is 54.6 Å². The Morgan fingerprint density at radius 1 is 1.17 bits per heavy atom. The van der Waals surface area contributed by atoms with E-state index >= 15 is 0 Å². The van der Waals surface area contributed by atoms with Gasteiger partial charge in [0.25, 0.3) is 0 Å². The molecule has 0 heterocycles. The first-order valence-electron chi connectivity index (χ1n) is 6.97. The van der Waals surface area contributed by atoms with Gasteiger partial charge >= 0.3 is 88.4 Å². The summed E-state index contributed by atoms with van der Waals surface area (Å²) in [5, 5.41) is 10.7. The van der Waals surface area contributed by atoms with Crippen LogP contribution < -0.4 is 9.67 Å². The van der Waals surface area contributed by atoms with Crippen LogP contribution in [0.1, 0.15) is 19.4 Å². The molecule has 0 aliphatic carbocycles. The van der Waals surface area contributed by atoms with Gasteiger partial charge in [-0.1, -0.05) is 37.3 Å². The normalized spacial score (nSPS) is 12.5. The SMILES string of the molecule is CC(=O)Nc1cccc([As](=O)(O)OO)c1.CCc1ccccc1. The zero-order chi connectivity index (χ0) is 17.3. The molecule has 7 heteroatoms. The molecule has 1 amide bonds. The summed E-state index contributed by atoms with van der Waals surface area (Å²) in [6, 6.07) is 16.1. The number of rotatable bonds is 4. The molecule has 0 spiro atoms. The van der Waals surface area contributed by atoms with Crippen molar-refractivity contribution < 1.29 is 21.8 Å². The molecular formula is C16H20AsNO5. The van der Waals surface area contributed by atoms with Crippen molar-refractivity contribution in [2.45, 2.75) is 20.3 Å². The quantitative estimate of drug-likeness (QED) is 0.428. The molecule has 23 heavy (non-hydrogen) atoms. The fourth-order valence-corrected chi connectivity index (χ4v) is 3.13. The van der Waals surface area contributed by atoms with Crippen LogP contribution in [0.5, 0.6) is 0 Å². The minimum absolute atomic E-state index is 0.0399. The minimum Gasteiger partial charge on any atom is -0.0622 e. The number of hydrogen-bond acceptors (Lipinski definition) is 4. The van der Waals surface area contributed by atoms with Gasteiger partial charge in [-0.05, 0) is 12.0 Å². The van der Waals surface area contributed by atoms with E-state index in [9.17, 15) is 12.6 Å². The molecule has 1 unspecified atom stereocenters. The monoisotopic (exact) mass is 381 g/mol. The Labute approximate surface area is 138 Å². The van der Waals surface area contributed by atoms with Crippen molar-refractivity contribution in [3.05, 3.63) is 60.2 Å². The summed E-state index contributed by atoms with van der Waals surface area (Å²) in [5.41, 5.74) is 1.78. The molecular weight excluding hydrogens is 361 g/mol. The van der Waals surface area contributed by atoms with Gasteiger partial charge in [0.15, 0.2) is 0 Å². The second-order valence-electron chi connectivity index (χ2n) is 4.67. The maximum atomic E-state index is 11.3. The van der Waals surface area contributed by atoms with Crippen LogP contribution in [0.3, 0.4) is 0 Å². The largest absolute Gasteiger partial charge is 0.0622 e. The summed E-state index contributed by atoms with van der Waals surface area (Å²) in [7, 11) is 0. The smallest absolute Gasteiger partial charge is 0.0307 e. The van der Waals surface area contributed by atoms with Crippen molar-refractivity contribution in [3.63, 3.8) is 0 Å². The van der Waals surface area contributed by atoms with E-state index in [-0.39, 0.29) is 10.3 Å². The van der Waals surface area contributed by atoms with Crippen LogP contribution in [0.2, 0.25) is 0 Å². The van der Waals surface area contributed by atoms with Crippen LogP contribution in [-0.4, -0.2) is 29.4 Å². The van der Waals surface area contributed by atoms with E-state index in [1.807, 2.05) is 6.07 Å². The number of anilines is 1. The molecule has 0 fully saturated rings. The molecule has 6 nitrogen and oxygen atoms in total. The van der Waals surface area contributed by atoms with Crippen molar-refractivity contribution in [1.29, 1.82) is 0 Å². The molecule has 0 bridgehead atoms. The number of amides is 1. The predicted octanol–water partition coefficient (Wildman–Crippen LogP) is 1.95. The Kier molecular flexibility index (Phi) is 7.78. The van der Waals surface area contributed by atoms with E-state index in [0.717, 1.165) is 6.42 Å². The number of benzene rings is 2. The zero-order valence-electron chi connectivity index (χ0n) is 13.0. The molecule has 1 atom stereocenters. The molecule has 2 rings (SSSR count). The Bertz CT molecular complexity index is 675. The summed E-state index contributed by atoms with van der Waals surface area (Å²) < 4.78 is 23.9. The van der Waals surface area contributed by atoms with Gasteiger partial charge in [0.05, 0.1) is 0 Å². The Hall–Kier alpha value is -1.85. The average molecular weight is 381 g/mol. The molecule has 3 N–H and O–H groups in total. The van der Waals surface area contributed by atoms with Crippen molar-refractivity contribution >= 4 is 30.1 Å². The molecule has 0 saturated heterocycles. The fraction of sp³-hybridized carbons (Fsp3) is 0.188. The Morgan fingerprint density at radius 3 is 2.30 bits per heavy atom. The van der Waals surface area contributed by atoms with E-state index in [4.69, 9.17) is 5.26 Å². The standard InChI is InChI=1S/C8H10AsNO5.C8H10/c1-6(11)10-8-4-2-3-7(5-8)9(12,13)15-14;1-2-8-6-4-3-5-7-8/h2-5,14H,1H3,(H,10,11)(H,12,13);3-7H,2H2,1H3. The summed E-state index contributed by atoms with van der Waals surface area (Å²) >= 11 is -4.83. The zero-order valence-corrected chi connectivity index (χ0v) is 14.8. The number of aryl methyl sites for hydroxylation is 1. The maximum absolute atomic E-state index is 11.3. The second-order valence-corrected chi connectivity index (χ2v) is 8.28. The van der Waals surface area contributed by atoms with Gasteiger partial charge in [0.2, 0.25) is 0 Å². The second kappa shape index (κ2) is 9.32. The number of hydrogen-bond donors (Lipinski definition) is 3. The van der Waals surface area contributed by atoms with Crippen molar-refractivity contribution in [1.82, 2.24) is 0 Å². The first-order chi connectivity index (χ1) is 10.9. The van der Waals surface area contributed by atoms with Crippen molar-refractivity contribution in [2.75, 3.05) is 5.32 Å². The predicted molar refractivity (Wildman–Crippen MR) is 88.6 cm³/mol. The van der Waals surface area contributed by atoms with Crippen molar-refractivity contribution in [3.8, 4) is 0 Å². The first kappa shape index (κ1) is 19.2. The summed E-state index contributed by atoms with van der Waals surface area (Å²) in [5.74, 6) is -0.294. The van der Waals surface area contributed by atoms with Gasteiger partial charge < -0.3 is 0 Å². The summed E-state index contributed by atoms with van der Waals surface area (Å²) in [4.78, 5) is 10.7.